The van der Waals surface area contributed by atoms with Crippen LogP contribution in [0.4, 0.5) is 5.82 Å². The number of hydrogen-bond donors (Lipinski definition) is 0. The number of rotatable bonds is 5. The van der Waals surface area contributed by atoms with Gasteiger partial charge in [-0.25, -0.2) is 9.97 Å². The van der Waals surface area contributed by atoms with Crippen molar-refractivity contribution in [3.8, 4) is 11.5 Å². The number of aromatic nitrogens is 4. The Balaban J connectivity index is 1.42. The van der Waals surface area contributed by atoms with Crippen LogP contribution in [0.1, 0.15) is 11.3 Å². The third-order valence-corrected chi connectivity index (χ3v) is 5.49. The first-order valence-corrected chi connectivity index (χ1v) is 10.1. The molecule has 4 rings (SSSR count). The molecule has 1 aliphatic rings. The van der Waals surface area contributed by atoms with Crippen LogP contribution in [0.5, 0.6) is 11.5 Å². The van der Waals surface area contributed by atoms with Gasteiger partial charge in [0.2, 0.25) is 5.91 Å². The molecule has 162 valence electrons. The number of fused-ring (bicyclic) bond motifs is 1. The van der Waals surface area contributed by atoms with E-state index in [0.717, 1.165) is 28.1 Å². The van der Waals surface area contributed by atoms with Crippen LogP contribution in [-0.4, -0.2) is 71.0 Å². The van der Waals surface area contributed by atoms with Gasteiger partial charge in [-0.2, -0.15) is 5.10 Å². The first-order valence-electron chi connectivity index (χ1n) is 10.1. The van der Waals surface area contributed by atoms with Crippen molar-refractivity contribution in [2.75, 3.05) is 45.3 Å². The molecule has 1 fully saturated rings. The van der Waals surface area contributed by atoms with Gasteiger partial charge in [0.1, 0.15) is 17.4 Å². The van der Waals surface area contributed by atoms with Gasteiger partial charge in [-0.3, -0.25) is 9.48 Å². The fourth-order valence-electron chi connectivity index (χ4n) is 3.85. The molecule has 31 heavy (non-hydrogen) atoms. The summed E-state index contributed by atoms with van der Waals surface area (Å²) in [6, 6.07) is 5.56. The predicted octanol–water partition coefficient (Wildman–Crippen LogP) is 2.05. The van der Waals surface area contributed by atoms with Crippen LogP contribution in [0.3, 0.4) is 0 Å². The SMILES string of the molecule is COc1ccc(/C=C/C(=O)N2CCN(c3ncnc4c(C)nn(C)c34)CC2)cc1OC. The van der Waals surface area contributed by atoms with Crippen LogP contribution in [0.25, 0.3) is 17.1 Å². The smallest absolute Gasteiger partial charge is 0.246 e. The molecule has 1 saturated heterocycles. The number of amides is 1. The van der Waals surface area contributed by atoms with Gasteiger partial charge in [0.15, 0.2) is 17.3 Å². The van der Waals surface area contributed by atoms with Gasteiger partial charge in [0, 0.05) is 39.3 Å². The Kier molecular flexibility index (Phi) is 5.75. The molecule has 1 aliphatic heterocycles. The van der Waals surface area contributed by atoms with Crippen molar-refractivity contribution in [3.05, 3.63) is 41.9 Å². The van der Waals surface area contributed by atoms with E-state index in [1.54, 1.807) is 32.7 Å². The van der Waals surface area contributed by atoms with Gasteiger partial charge in [-0.05, 0) is 30.7 Å². The van der Waals surface area contributed by atoms with Crippen LogP contribution in [0.15, 0.2) is 30.6 Å². The summed E-state index contributed by atoms with van der Waals surface area (Å²) >= 11 is 0. The third kappa shape index (κ3) is 4.03. The van der Waals surface area contributed by atoms with Crippen LogP contribution in [-0.2, 0) is 11.8 Å². The van der Waals surface area contributed by atoms with E-state index in [9.17, 15) is 4.79 Å². The van der Waals surface area contributed by atoms with E-state index in [0.29, 0.717) is 37.7 Å². The highest BCUT2D eigenvalue weighted by atomic mass is 16.5. The first kappa shape index (κ1) is 20.6. The quantitative estimate of drug-likeness (QED) is 0.582. The lowest BCUT2D eigenvalue weighted by atomic mass is 10.2. The standard InChI is InChI=1S/C22H26N6O3/c1-15-20-21(26(2)25-15)22(24-14-23-20)28-11-9-27(10-12-28)19(29)8-6-16-5-7-17(30-3)18(13-16)31-4/h5-8,13-14H,9-12H2,1-4H3/b8-6+. The van der Waals surface area contributed by atoms with Gasteiger partial charge >= 0.3 is 0 Å². The Labute approximate surface area is 180 Å². The van der Waals surface area contributed by atoms with E-state index in [-0.39, 0.29) is 5.91 Å². The maximum atomic E-state index is 12.7. The Morgan fingerprint density at radius 3 is 2.52 bits per heavy atom. The monoisotopic (exact) mass is 422 g/mol. The average Bonchev–Trinajstić information content (AvgIpc) is 3.11. The number of aryl methyl sites for hydroxylation is 2. The normalized spacial score (nSPS) is 14.5. The minimum absolute atomic E-state index is 0.0151. The number of benzene rings is 1. The van der Waals surface area contributed by atoms with Crippen LogP contribution in [0.2, 0.25) is 0 Å². The third-order valence-electron chi connectivity index (χ3n) is 5.49. The van der Waals surface area contributed by atoms with Crippen molar-refractivity contribution in [2.24, 2.45) is 7.05 Å². The topological polar surface area (TPSA) is 85.6 Å². The van der Waals surface area contributed by atoms with Gasteiger partial charge in [0.25, 0.3) is 0 Å². The van der Waals surface area contributed by atoms with Crippen molar-refractivity contribution in [1.82, 2.24) is 24.6 Å². The number of hydrogen-bond acceptors (Lipinski definition) is 7. The number of ether oxygens (including phenoxy) is 2. The highest BCUT2D eigenvalue weighted by Crippen LogP contribution is 2.28. The summed E-state index contributed by atoms with van der Waals surface area (Å²) in [7, 11) is 5.09. The van der Waals surface area contributed by atoms with Gasteiger partial charge < -0.3 is 19.3 Å². The Bertz CT molecular complexity index is 1130. The molecule has 1 aromatic carbocycles. The second-order valence-electron chi connectivity index (χ2n) is 7.36. The van der Waals surface area contributed by atoms with Gasteiger partial charge in [-0.1, -0.05) is 6.07 Å². The predicted molar refractivity (Wildman–Crippen MR) is 118 cm³/mol. The summed E-state index contributed by atoms with van der Waals surface area (Å²) in [4.78, 5) is 25.6. The van der Waals surface area contributed by atoms with E-state index < -0.39 is 0 Å². The molecular formula is C22H26N6O3. The largest absolute Gasteiger partial charge is 0.493 e. The molecule has 1 amide bonds. The number of anilines is 1. The molecule has 0 spiro atoms. The molecule has 9 nitrogen and oxygen atoms in total. The molecular weight excluding hydrogens is 396 g/mol. The summed E-state index contributed by atoms with van der Waals surface area (Å²) in [5, 5.41) is 4.46. The van der Waals surface area contributed by atoms with Crippen molar-refractivity contribution in [2.45, 2.75) is 6.92 Å². The summed E-state index contributed by atoms with van der Waals surface area (Å²) in [5.74, 6) is 2.14. The number of methoxy groups -OCH3 is 2. The van der Waals surface area contributed by atoms with Crippen LogP contribution >= 0.6 is 0 Å². The second kappa shape index (κ2) is 8.63. The van der Waals surface area contributed by atoms with E-state index in [1.165, 1.54) is 0 Å². The van der Waals surface area contributed by atoms with Crippen molar-refractivity contribution in [1.29, 1.82) is 0 Å². The number of piperazine rings is 1. The van der Waals surface area contributed by atoms with E-state index in [2.05, 4.69) is 20.0 Å². The van der Waals surface area contributed by atoms with E-state index in [1.807, 2.05) is 41.8 Å². The molecule has 0 aliphatic carbocycles. The van der Waals surface area contributed by atoms with Crippen LogP contribution < -0.4 is 14.4 Å². The van der Waals surface area contributed by atoms with Crippen molar-refractivity contribution in [3.63, 3.8) is 0 Å². The Morgan fingerprint density at radius 1 is 1.06 bits per heavy atom. The Hall–Kier alpha value is -3.62. The zero-order valence-corrected chi connectivity index (χ0v) is 18.2. The maximum Gasteiger partial charge on any atom is 0.246 e. The Morgan fingerprint density at radius 2 is 1.81 bits per heavy atom. The molecule has 0 saturated carbocycles. The summed E-state index contributed by atoms with van der Waals surface area (Å²) < 4.78 is 12.4. The number of nitrogens with zero attached hydrogens (tertiary/aromatic N) is 6. The minimum atomic E-state index is -0.0151. The highest BCUT2D eigenvalue weighted by molar-refractivity contribution is 5.92. The molecule has 9 heteroatoms. The van der Waals surface area contributed by atoms with Crippen LogP contribution in [0, 0.1) is 6.92 Å². The summed E-state index contributed by atoms with van der Waals surface area (Å²) in [6.45, 7) is 4.59. The lowest BCUT2D eigenvalue weighted by Crippen LogP contribution is -2.48. The molecule has 0 atom stereocenters. The highest BCUT2D eigenvalue weighted by Gasteiger charge is 2.24. The minimum Gasteiger partial charge on any atom is -0.493 e. The number of carbonyl (C=O) groups is 1. The molecule has 0 radical (unpaired) electrons. The average molecular weight is 422 g/mol. The molecule has 0 bridgehead atoms. The molecule has 0 N–H and O–H groups in total. The summed E-state index contributed by atoms with van der Waals surface area (Å²) in [6.07, 6.45) is 4.98. The van der Waals surface area contributed by atoms with E-state index >= 15 is 0 Å². The second-order valence-corrected chi connectivity index (χ2v) is 7.36. The zero-order valence-electron chi connectivity index (χ0n) is 18.2. The molecule has 0 unspecified atom stereocenters. The molecule has 2 aromatic heterocycles. The fourth-order valence-corrected chi connectivity index (χ4v) is 3.85. The lowest BCUT2D eigenvalue weighted by molar-refractivity contribution is -0.126. The van der Waals surface area contributed by atoms with Gasteiger partial charge in [0.05, 0.1) is 19.9 Å². The number of carbonyl (C=O) groups excluding carboxylic acids is 1. The fraction of sp³-hybridized carbons (Fsp3) is 0.364. The van der Waals surface area contributed by atoms with Crippen molar-refractivity contribution < 1.29 is 14.3 Å². The first-order chi connectivity index (χ1) is 15.0. The van der Waals surface area contributed by atoms with E-state index in [4.69, 9.17) is 9.47 Å². The summed E-state index contributed by atoms with van der Waals surface area (Å²) in [5.41, 5.74) is 3.55. The van der Waals surface area contributed by atoms with Gasteiger partial charge in [-0.15, -0.1) is 0 Å². The zero-order chi connectivity index (χ0) is 22.0. The molecule has 3 heterocycles. The maximum absolute atomic E-state index is 12.7. The lowest BCUT2D eigenvalue weighted by Gasteiger charge is -2.35. The van der Waals surface area contributed by atoms with Crippen molar-refractivity contribution >= 4 is 28.8 Å². The molecule has 3 aromatic rings.